The second-order valence-electron chi connectivity index (χ2n) is 7.55. The zero-order chi connectivity index (χ0) is 14.8. The fraction of sp³-hybridized carbons (Fsp3) is 0.938. The Kier molecular flexibility index (Phi) is 4.95. The van der Waals surface area contributed by atoms with Crippen LogP contribution in [0.2, 0.25) is 0 Å². The predicted octanol–water partition coefficient (Wildman–Crippen LogP) is 3.16. The minimum absolute atomic E-state index is 0.168. The zero-order valence-corrected chi connectivity index (χ0v) is 13.4. The van der Waals surface area contributed by atoms with Crippen molar-refractivity contribution in [2.45, 2.75) is 77.5 Å². The van der Waals surface area contributed by atoms with Gasteiger partial charge in [-0.25, -0.2) is 4.79 Å². The first-order valence-corrected chi connectivity index (χ1v) is 8.07. The van der Waals surface area contributed by atoms with Gasteiger partial charge in [0.05, 0.1) is 0 Å². The number of ether oxygens (including phenoxy) is 1. The van der Waals surface area contributed by atoms with E-state index in [-0.39, 0.29) is 6.09 Å². The van der Waals surface area contributed by atoms with Gasteiger partial charge in [-0.15, -0.1) is 0 Å². The number of nitrogens with zero attached hydrogens (tertiary/aromatic N) is 1. The molecule has 20 heavy (non-hydrogen) atoms. The van der Waals surface area contributed by atoms with Crippen LogP contribution in [-0.2, 0) is 4.74 Å². The number of carbonyl (C=O) groups is 1. The van der Waals surface area contributed by atoms with Crippen LogP contribution in [0, 0.1) is 5.92 Å². The number of amides is 1. The van der Waals surface area contributed by atoms with E-state index in [1.54, 1.807) is 0 Å². The minimum atomic E-state index is -0.401. The molecule has 0 radical (unpaired) electrons. The molecule has 4 nitrogen and oxygen atoms in total. The number of hydrogen-bond acceptors (Lipinski definition) is 3. The maximum absolute atomic E-state index is 12.0. The fourth-order valence-corrected chi connectivity index (χ4v) is 3.31. The number of nitrogens with one attached hydrogen (secondary N) is 1. The molecule has 1 aliphatic carbocycles. The average molecular weight is 282 g/mol. The van der Waals surface area contributed by atoms with E-state index in [0.717, 1.165) is 25.4 Å². The van der Waals surface area contributed by atoms with E-state index >= 15 is 0 Å². The Morgan fingerprint density at radius 1 is 1.20 bits per heavy atom. The monoisotopic (exact) mass is 282 g/mol. The first-order valence-electron chi connectivity index (χ1n) is 8.07. The molecule has 1 saturated heterocycles. The third-order valence-corrected chi connectivity index (χ3v) is 4.25. The molecule has 0 aromatic rings. The van der Waals surface area contributed by atoms with Crippen LogP contribution in [0.5, 0.6) is 0 Å². The smallest absolute Gasteiger partial charge is 0.410 e. The van der Waals surface area contributed by atoms with Gasteiger partial charge >= 0.3 is 6.09 Å². The molecule has 3 atom stereocenters. The first kappa shape index (κ1) is 15.6. The van der Waals surface area contributed by atoms with Crippen molar-refractivity contribution >= 4 is 6.09 Å². The summed E-state index contributed by atoms with van der Waals surface area (Å²) in [5.41, 5.74) is -0.401. The Bertz CT molecular complexity index is 338. The molecule has 0 bridgehead atoms. The lowest BCUT2D eigenvalue weighted by atomic mass is 9.87. The Morgan fingerprint density at radius 3 is 2.60 bits per heavy atom. The van der Waals surface area contributed by atoms with Crippen molar-refractivity contribution in [3.63, 3.8) is 0 Å². The largest absolute Gasteiger partial charge is 0.444 e. The van der Waals surface area contributed by atoms with Crippen LogP contribution in [0.4, 0.5) is 4.79 Å². The lowest BCUT2D eigenvalue weighted by Crippen LogP contribution is -2.43. The minimum Gasteiger partial charge on any atom is -0.444 e. The molecule has 0 spiro atoms. The number of likely N-dealkylation sites (tertiary alicyclic amines) is 1. The summed E-state index contributed by atoms with van der Waals surface area (Å²) in [4.78, 5) is 13.9. The molecule has 2 aliphatic rings. The van der Waals surface area contributed by atoms with E-state index in [0.29, 0.717) is 12.1 Å². The molecule has 3 unspecified atom stereocenters. The maximum Gasteiger partial charge on any atom is 0.410 e. The van der Waals surface area contributed by atoms with Crippen LogP contribution >= 0.6 is 0 Å². The summed E-state index contributed by atoms with van der Waals surface area (Å²) >= 11 is 0. The maximum atomic E-state index is 12.0. The number of carbonyl (C=O) groups excluding carboxylic acids is 1. The summed E-state index contributed by atoms with van der Waals surface area (Å²) in [6.07, 6.45) is 6.15. The molecule has 2 fully saturated rings. The normalized spacial score (nSPS) is 31.4. The molecule has 1 N–H and O–H groups in total. The van der Waals surface area contributed by atoms with Crippen molar-refractivity contribution in [3.05, 3.63) is 0 Å². The fourth-order valence-electron chi connectivity index (χ4n) is 3.31. The van der Waals surface area contributed by atoms with Gasteiger partial charge in [-0.2, -0.15) is 0 Å². The van der Waals surface area contributed by atoms with Crippen molar-refractivity contribution < 1.29 is 9.53 Å². The molecule has 1 heterocycles. The van der Waals surface area contributed by atoms with Gasteiger partial charge < -0.3 is 15.0 Å². The summed E-state index contributed by atoms with van der Waals surface area (Å²) in [5, 5.41) is 3.75. The van der Waals surface area contributed by atoms with E-state index in [2.05, 4.69) is 12.2 Å². The molecular formula is C16H30N2O2. The third-order valence-electron chi connectivity index (χ3n) is 4.25. The average Bonchev–Trinajstić information content (AvgIpc) is 2.75. The van der Waals surface area contributed by atoms with Crippen molar-refractivity contribution in [1.82, 2.24) is 10.2 Å². The van der Waals surface area contributed by atoms with Gasteiger partial charge in [-0.05, 0) is 46.0 Å². The van der Waals surface area contributed by atoms with Gasteiger partial charge in [0.15, 0.2) is 0 Å². The molecular weight excluding hydrogens is 252 g/mol. The Labute approximate surface area is 123 Å². The molecule has 0 aromatic heterocycles. The van der Waals surface area contributed by atoms with E-state index < -0.39 is 5.60 Å². The topological polar surface area (TPSA) is 41.6 Å². The van der Waals surface area contributed by atoms with Crippen LogP contribution in [0.25, 0.3) is 0 Å². The van der Waals surface area contributed by atoms with E-state index in [1.807, 2.05) is 25.7 Å². The van der Waals surface area contributed by atoms with E-state index in [9.17, 15) is 4.79 Å². The summed E-state index contributed by atoms with van der Waals surface area (Å²) < 4.78 is 5.44. The Balaban J connectivity index is 1.76. The van der Waals surface area contributed by atoms with E-state index in [1.165, 1.54) is 25.7 Å². The molecule has 2 rings (SSSR count). The van der Waals surface area contributed by atoms with Crippen LogP contribution in [0.1, 0.15) is 59.8 Å². The SMILES string of the molecule is CC1CCCC(NC2CCN(C(=O)OC(C)(C)C)C2)C1. The van der Waals surface area contributed by atoms with Crippen molar-refractivity contribution in [1.29, 1.82) is 0 Å². The highest BCUT2D eigenvalue weighted by atomic mass is 16.6. The van der Waals surface area contributed by atoms with Crippen LogP contribution in [-0.4, -0.2) is 41.8 Å². The predicted molar refractivity (Wildman–Crippen MR) is 80.8 cm³/mol. The molecule has 0 aromatic carbocycles. The highest BCUT2D eigenvalue weighted by molar-refractivity contribution is 5.68. The second kappa shape index (κ2) is 6.33. The summed E-state index contributed by atoms with van der Waals surface area (Å²) in [6.45, 7) is 9.70. The lowest BCUT2D eigenvalue weighted by Gasteiger charge is -2.30. The second-order valence-corrected chi connectivity index (χ2v) is 7.55. The standard InChI is InChI=1S/C16H30N2O2/c1-12-6-5-7-13(10-12)17-14-8-9-18(11-14)15(19)20-16(2,3)4/h12-14,17H,5-11H2,1-4H3. The van der Waals surface area contributed by atoms with Crippen molar-refractivity contribution in [2.75, 3.05) is 13.1 Å². The van der Waals surface area contributed by atoms with Gasteiger partial charge in [0.2, 0.25) is 0 Å². The van der Waals surface area contributed by atoms with Gasteiger partial charge in [0.1, 0.15) is 5.60 Å². The summed E-state index contributed by atoms with van der Waals surface area (Å²) in [7, 11) is 0. The zero-order valence-electron chi connectivity index (χ0n) is 13.4. The molecule has 1 saturated carbocycles. The van der Waals surface area contributed by atoms with Crippen LogP contribution in [0.15, 0.2) is 0 Å². The van der Waals surface area contributed by atoms with Gasteiger partial charge in [0.25, 0.3) is 0 Å². The van der Waals surface area contributed by atoms with Gasteiger partial charge in [0, 0.05) is 25.2 Å². The summed E-state index contributed by atoms with van der Waals surface area (Å²) in [5.74, 6) is 0.838. The Hall–Kier alpha value is -0.770. The van der Waals surface area contributed by atoms with Crippen molar-refractivity contribution in [2.24, 2.45) is 5.92 Å². The molecule has 4 heteroatoms. The third kappa shape index (κ3) is 4.65. The number of rotatable bonds is 2. The van der Waals surface area contributed by atoms with Crippen LogP contribution < -0.4 is 5.32 Å². The van der Waals surface area contributed by atoms with Gasteiger partial charge in [-0.1, -0.05) is 19.8 Å². The van der Waals surface area contributed by atoms with Crippen LogP contribution in [0.3, 0.4) is 0 Å². The first-order chi connectivity index (χ1) is 9.33. The lowest BCUT2D eigenvalue weighted by molar-refractivity contribution is 0.0290. The Morgan fingerprint density at radius 2 is 1.95 bits per heavy atom. The quantitative estimate of drug-likeness (QED) is 0.846. The highest BCUT2D eigenvalue weighted by Gasteiger charge is 2.31. The molecule has 1 aliphatic heterocycles. The summed E-state index contributed by atoms with van der Waals surface area (Å²) in [6, 6.07) is 1.08. The number of hydrogen-bond donors (Lipinski definition) is 1. The van der Waals surface area contributed by atoms with E-state index in [4.69, 9.17) is 4.74 Å². The molecule has 116 valence electrons. The van der Waals surface area contributed by atoms with Crippen molar-refractivity contribution in [3.8, 4) is 0 Å². The highest BCUT2D eigenvalue weighted by Crippen LogP contribution is 2.25. The van der Waals surface area contributed by atoms with Gasteiger partial charge in [-0.3, -0.25) is 0 Å². The molecule has 1 amide bonds.